The van der Waals surface area contributed by atoms with Gasteiger partial charge in [0, 0.05) is 7.11 Å². The number of hydrogen-bond acceptors (Lipinski definition) is 6. The summed E-state index contributed by atoms with van der Waals surface area (Å²) < 4.78 is 13.0. The highest BCUT2D eigenvalue weighted by Crippen LogP contribution is 2.23. The third-order valence-corrected chi connectivity index (χ3v) is 4.35. The number of nitrogens with zero attached hydrogens (tertiary/aromatic N) is 4. The van der Waals surface area contributed by atoms with Crippen molar-refractivity contribution in [3.63, 3.8) is 0 Å². The highest BCUT2D eigenvalue weighted by Gasteiger charge is 2.14. The summed E-state index contributed by atoms with van der Waals surface area (Å²) in [6.07, 6.45) is 1.73. The van der Waals surface area contributed by atoms with Gasteiger partial charge in [-0.05, 0) is 16.7 Å². The summed E-state index contributed by atoms with van der Waals surface area (Å²) in [5, 5.41) is 0. The van der Waals surface area contributed by atoms with Crippen LogP contribution in [-0.4, -0.2) is 26.6 Å². The number of hydrogen-bond donors (Lipinski definition) is 1. The first-order chi connectivity index (χ1) is 13.7. The van der Waals surface area contributed by atoms with Crippen LogP contribution in [0.2, 0.25) is 0 Å². The summed E-state index contributed by atoms with van der Waals surface area (Å²) in [5.74, 6) is 0.544. The number of fused-ring (bicyclic) bond motifs is 1. The SMILES string of the molecule is COCc1ccc(COc2nc(N)nc3c2ncn3Cc2ccccc2)cc1. The quantitative estimate of drug-likeness (QED) is 0.534. The van der Waals surface area contributed by atoms with Crippen molar-refractivity contribution in [2.45, 2.75) is 19.8 Å². The van der Waals surface area contributed by atoms with E-state index in [1.165, 1.54) is 0 Å². The molecule has 0 radical (unpaired) electrons. The lowest BCUT2D eigenvalue weighted by molar-refractivity contribution is 0.185. The Morgan fingerprint density at radius 1 is 0.893 bits per heavy atom. The van der Waals surface area contributed by atoms with Gasteiger partial charge in [-0.15, -0.1) is 0 Å². The number of imidazole rings is 1. The molecule has 28 heavy (non-hydrogen) atoms. The monoisotopic (exact) mass is 375 g/mol. The normalized spacial score (nSPS) is 11.0. The third-order valence-electron chi connectivity index (χ3n) is 4.35. The van der Waals surface area contributed by atoms with Crippen molar-refractivity contribution >= 4 is 17.1 Å². The van der Waals surface area contributed by atoms with Gasteiger partial charge in [0.2, 0.25) is 11.8 Å². The van der Waals surface area contributed by atoms with Gasteiger partial charge >= 0.3 is 0 Å². The number of rotatable bonds is 7. The van der Waals surface area contributed by atoms with E-state index in [9.17, 15) is 0 Å². The van der Waals surface area contributed by atoms with Crippen LogP contribution in [0.15, 0.2) is 60.9 Å². The van der Waals surface area contributed by atoms with Gasteiger partial charge in [-0.2, -0.15) is 9.97 Å². The van der Waals surface area contributed by atoms with Gasteiger partial charge in [-0.25, -0.2) is 4.98 Å². The number of methoxy groups -OCH3 is 1. The molecule has 0 unspecified atom stereocenters. The second kappa shape index (κ2) is 8.06. The van der Waals surface area contributed by atoms with E-state index in [-0.39, 0.29) is 5.95 Å². The lowest BCUT2D eigenvalue weighted by Crippen LogP contribution is -2.05. The molecule has 2 heterocycles. The van der Waals surface area contributed by atoms with E-state index >= 15 is 0 Å². The molecule has 4 aromatic rings. The molecule has 7 nitrogen and oxygen atoms in total. The Bertz CT molecular complexity index is 1060. The van der Waals surface area contributed by atoms with Crippen LogP contribution in [0.5, 0.6) is 5.88 Å². The van der Waals surface area contributed by atoms with Crippen LogP contribution in [0, 0.1) is 0 Å². The fourth-order valence-corrected chi connectivity index (χ4v) is 2.98. The smallest absolute Gasteiger partial charge is 0.247 e. The van der Waals surface area contributed by atoms with Gasteiger partial charge in [0.15, 0.2) is 11.2 Å². The zero-order chi connectivity index (χ0) is 19.3. The van der Waals surface area contributed by atoms with Crippen molar-refractivity contribution in [2.24, 2.45) is 0 Å². The first-order valence-corrected chi connectivity index (χ1v) is 8.95. The molecule has 0 amide bonds. The van der Waals surface area contributed by atoms with E-state index in [1.807, 2.05) is 47.0 Å². The molecule has 0 saturated heterocycles. The van der Waals surface area contributed by atoms with Crippen LogP contribution in [0.3, 0.4) is 0 Å². The van der Waals surface area contributed by atoms with E-state index in [2.05, 4.69) is 27.1 Å². The molecule has 4 rings (SSSR count). The second-order valence-corrected chi connectivity index (χ2v) is 6.46. The van der Waals surface area contributed by atoms with Gasteiger partial charge in [0.05, 0.1) is 19.5 Å². The van der Waals surface area contributed by atoms with Crippen LogP contribution in [-0.2, 0) is 24.5 Å². The lowest BCUT2D eigenvalue weighted by atomic mass is 10.1. The summed E-state index contributed by atoms with van der Waals surface area (Å²) in [6.45, 7) is 1.60. The molecule has 0 aliphatic carbocycles. The number of nitrogen functional groups attached to an aromatic ring is 1. The first kappa shape index (κ1) is 17.9. The van der Waals surface area contributed by atoms with Crippen LogP contribution in [0.1, 0.15) is 16.7 Å². The maximum atomic E-state index is 5.91. The number of nitrogens with two attached hydrogens (primary N) is 1. The van der Waals surface area contributed by atoms with Crippen LogP contribution < -0.4 is 10.5 Å². The van der Waals surface area contributed by atoms with Gasteiger partial charge in [-0.3, -0.25) is 0 Å². The fourth-order valence-electron chi connectivity index (χ4n) is 2.98. The van der Waals surface area contributed by atoms with Crippen molar-refractivity contribution < 1.29 is 9.47 Å². The first-order valence-electron chi connectivity index (χ1n) is 8.95. The summed E-state index contributed by atoms with van der Waals surface area (Å²) in [7, 11) is 1.68. The highest BCUT2D eigenvalue weighted by atomic mass is 16.5. The molecule has 0 aliphatic rings. The Morgan fingerprint density at radius 2 is 1.61 bits per heavy atom. The van der Waals surface area contributed by atoms with Crippen LogP contribution in [0.25, 0.3) is 11.2 Å². The molecular formula is C21H21N5O2. The van der Waals surface area contributed by atoms with Gasteiger partial charge in [0.1, 0.15) is 6.61 Å². The predicted octanol–water partition coefficient (Wildman–Crippen LogP) is 3.18. The molecule has 142 valence electrons. The highest BCUT2D eigenvalue weighted by molar-refractivity contribution is 5.77. The van der Waals surface area contributed by atoms with E-state index in [0.717, 1.165) is 16.7 Å². The minimum atomic E-state index is 0.160. The van der Waals surface area contributed by atoms with E-state index in [0.29, 0.717) is 36.8 Å². The summed E-state index contributed by atoms with van der Waals surface area (Å²) in [4.78, 5) is 13.0. The number of aromatic nitrogens is 4. The van der Waals surface area contributed by atoms with Crippen molar-refractivity contribution in [3.05, 3.63) is 77.6 Å². The molecule has 0 spiro atoms. The number of ether oxygens (including phenoxy) is 2. The summed E-state index contributed by atoms with van der Waals surface area (Å²) >= 11 is 0. The molecule has 0 bridgehead atoms. The van der Waals surface area contributed by atoms with Crippen molar-refractivity contribution in [2.75, 3.05) is 12.8 Å². The van der Waals surface area contributed by atoms with Crippen molar-refractivity contribution in [1.82, 2.24) is 19.5 Å². The van der Waals surface area contributed by atoms with Gasteiger partial charge < -0.3 is 19.8 Å². The molecular weight excluding hydrogens is 354 g/mol. The standard InChI is InChI=1S/C21H21N5O2/c1-27-12-16-7-9-17(10-8-16)13-28-20-18-19(24-21(22)25-20)26(14-23-18)11-15-5-3-2-4-6-15/h2-10,14H,11-13H2,1H3,(H2,22,24,25). The Balaban J connectivity index is 1.55. The molecule has 0 aliphatic heterocycles. The minimum Gasteiger partial charge on any atom is -0.471 e. The molecule has 0 saturated carbocycles. The van der Waals surface area contributed by atoms with Gasteiger partial charge in [-0.1, -0.05) is 54.6 Å². The topological polar surface area (TPSA) is 88.1 Å². The molecule has 0 atom stereocenters. The van der Waals surface area contributed by atoms with Crippen LogP contribution in [0.4, 0.5) is 5.95 Å². The largest absolute Gasteiger partial charge is 0.471 e. The van der Waals surface area contributed by atoms with Crippen LogP contribution >= 0.6 is 0 Å². The van der Waals surface area contributed by atoms with Crippen molar-refractivity contribution in [3.8, 4) is 5.88 Å². The summed E-state index contributed by atoms with van der Waals surface area (Å²) in [5.41, 5.74) is 10.4. The molecule has 0 fully saturated rings. The molecule has 2 aromatic heterocycles. The Hall–Kier alpha value is -3.45. The zero-order valence-corrected chi connectivity index (χ0v) is 15.6. The summed E-state index contributed by atoms with van der Waals surface area (Å²) in [6, 6.07) is 18.1. The third kappa shape index (κ3) is 3.94. The van der Waals surface area contributed by atoms with E-state index < -0.39 is 0 Å². The maximum absolute atomic E-state index is 5.91. The van der Waals surface area contributed by atoms with E-state index in [1.54, 1.807) is 13.4 Å². The Kier molecular flexibility index (Phi) is 5.16. The second-order valence-electron chi connectivity index (χ2n) is 6.46. The maximum Gasteiger partial charge on any atom is 0.247 e. The molecule has 2 aromatic carbocycles. The van der Waals surface area contributed by atoms with Gasteiger partial charge in [0.25, 0.3) is 0 Å². The number of anilines is 1. The van der Waals surface area contributed by atoms with Crippen molar-refractivity contribution in [1.29, 1.82) is 0 Å². The Morgan fingerprint density at radius 3 is 2.32 bits per heavy atom. The predicted molar refractivity (Wildman–Crippen MR) is 107 cm³/mol. The number of benzene rings is 2. The molecule has 7 heteroatoms. The average Bonchev–Trinajstić information content (AvgIpc) is 3.11. The lowest BCUT2D eigenvalue weighted by Gasteiger charge is -2.08. The Labute approximate surface area is 162 Å². The van der Waals surface area contributed by atoms with E-state index in [4.69, 9.17) is 15.2 Å². The average molecular weight is 375 g/mol. The molecule has 2 N–H and O–H groups in total. The minimum absolute atomic E-state index is 0.160. The zero-order valence-electron chi connectivity index (χ0n) is 15.6. The fraction of sp³-hybridized carbons (Fsp3) is 0.190.